The zero-order valence-electron chi connectivity index (χ0n) is 7.76. The lowest BCUT2D eigenvalue weighted by Gasteiger charge is -2.32. The van der Waals surface area contributed by atoms with Gasteiger partial charge in [-0.2, -0.15) is 5.48 Å². The average Bonchev–Trinajstić information content (AvgIpc) is 1.98. The normalized spacial score (nSPS) is 39.0. The van der Waals surface area contributed by atoms with Gasteiger partial charge in [0.05, 0.1) is 7.11 Å². The Morgan fingerprint density at radius 3 is 2.64 bits per heavy atom. The molecule has 1 aliphatic carbocycles. The van der Waals surface area contributed by atoms with Crippen molar-refractivity contribution in [2.45, 2.75) is 39.2 Å². The molecule has 0 saturated heterocycles. The maximum atomic E-state index is 4.95. The third kappa shape index (κ3) is 2.46. The predicted octanol–water partition coefficient (Wildman–Crippen LogP) is 1.96. The summed E-state index contributed by atoms with van der Waals surface area (Å²) >= 11 is 0. The summed E-state index contributed by atoms with van der Waals surface area (Å²) < 4.78 is 0. The standard InChI is InChI=1S/C9H19NO/c1-7-4-5-8(2)9(6-7)10-11-3/h7-10H,4-6H2,1-3H3. The smallest absolute Gasteiger partial charge is 0.0572 e. The monoisotopic (exact) mass is 157 g/mol. The molecule has 3 unspecified atom stereocenters. The first kappa shape index (κ1) is 9.01. The highest BCUT2D eigenvalue weighted by Crippen LogP contribution is 2.28. The third-order valence-corrected chi connectivity index (χ3v) is 2.73. The van der Waals surface area contributed by atoms with Crippen LogP contribution in [0.4, 0.5) is 0 Å². The van der Waals surface area contributed by atoms with Gasteiger partial charge in [0.15, 0.2) is 0 Å². The van der Waals surface area contributed by atoms with Gasteiger partial charge in [-0.05, 0) is 24.7 Å². The Morgan fingerprint density at radius 2 is 2.00 bits per heavy atom. The van der Waals surface area contributed by atoms with E-state index in [9.17, 15) is 0 Å². The molecule has 1 aliphatic rings. The van der Waals surface area contributed by atoms with Gasteiger partial charge in [-0.1, -0.05) is 20.3 Å². The van der Waals surface area contributed by atoms with E-state index >= 15 is 0 Å². The summed E-state index contributed by atoms with van der Waals surface area (Å²) in [5.74, 6) is 1.63. The third-order valence-electron chi connectivity index (χ3n) is 2.73. The van der Waals surface area contributed by atoms with Crippen molar-refractivity contribution in [2.24, 2.45) is 11.8 Å². The highest BCUT2D eigenvalue weighted by molar-refractivity contribution is 4.78. The minimum atomic E-state index is 0.573. The van der Waals surface area contributed by atoms with Crippen LogP contribution >= 0.6 is 0 Å². The molecular weight excluding hydrogens is 138 g/mol. The van der Waals surface area contributed by atoms with Gasteiger partial charge in [-0.25, -0.2) is 0 Å². The van der Waals surface area contributed by atoms with Crippen LogP contribution in [0.2, 0.25) is 0 Å². The summed E-state index contributed by atoms with van der Waals surface area (Å²) in [7, 11) is 1.70. The van der Waals surface area contributed by atoms with Crippen molar-refractivity contribution in [3.63, 3.8) is 0 Å². The molecular formula is C9H19NO. The maximum absolute atomic E-state index is 4.95. The van der Waals surface area contributed by atoms with E-state index in [0.717, 1.165) is 11.8 Å². The molecule has 1 fully saturated rings. The Kier molecular flexibility index (Phi) is 3.34. The van der Waals surface area contributed by atoms with E-state index in [4.69, 9.17) is 4.84 Å². The number of nitrogens with one attached hydrogen (secondary N) is 1. The SMILES string of the molecule is CONC1CC(C)CCC1C. The first-order chi connectivity index (χ1) is 5.24. The topological polar surface area (TPSA) is 21.3 Å². The van der Waals surface area contributed by atoms with Crippen LogP contribution in [0, 0.1) is 11.8 Å². The van der Waals surface area contributed by atoms with E-state index in [1.807, 2.05) is 0 Å². The van der Waals surface area contributed by atoms with E-state index < -0.39 is 0 Å². The fourth-order valence-corrected chi connectivity index (χ4v) is 1.85. The average molecular weight is 157 g/mol. The fraction of sp³-hybridized carbons (Fsp3) is 1.00. The molecule has 3 atom stereocenters. The molecule has 0 aromatic heterocycles. The van der Waals surface area contributed by atoms with E-state index in [2.05, 4.69) is 19.3 Å². The summed E-state index contributed by atoms with van der Waals surface area (Å²) in [5, 5.41) is 0. The molecule has 0 aromatic rings. The zero-order valence-corrected chi connectivity index (χ0v) is 7.76. The van der Waals surface area contributed by atoms with Gasteiger partial charge in [0.2, 0.25) is 0 Å². The molecule has 0 aliphatic heterocycles. The molecule has 0 radical (unpaired) electrons. The molecule has 0 heterocycles. The van der Waals surface area contributed by atoms with Crippen LogP contribution in [0.15, 0.2) is 0 Å². The summed E-state index contributed by atoms with van der Waals surface area (Å²) in [6.45, 7) is 4.61. The Balaban J connectivity index is 2.34. The number of rotatable bonds is 2. The van der Waals surface area contributed by atoms with Crippen LogP contribution in [-0.2, 0) is 4.84 Å². The Morgan fingerprint density at radius 1 is 1.27 bits per heavy atom. The lowest BCUT2D eigenvalue weighted by atomic mass is 9.80. The van der Waals surface area contributed by atoms with Crippen LogP contribution in [0.25, 0.3) is 0 Å². The molecule has 0 aromatic carbocycles. The first-order valence-corrected chi connectivity index (χ1v) is 4.52. The molecule has 1 saturated carbocycles. The number of hydrogen-bond donors (Lipinski definition) is 1. The predicted molar refractivity (Wildman–Crippen MR) is 46.1 cm³/mol. The zero-order chi connectivity index (χ0) is 8.27. The van der Waals surface area contributed by atoms with Crippen molar-refractivity contribution in [3.8, 4) is 0 Å². The van der Waals surface area contributed by atoms with Gasteiger partial charge >= 0.3 is 0 Å². The van der Waals surface area contributed by atoms with Crippen molar-refractivity contribution < 1.29 is 4.84 Å². The van der Waals surface area contributed by atoms with Gasteiger partial charge in [0.1, 0.15) is 0 Å². The summed E-state index contributed by atoms with van der Waals surface area (Å²) in [4.78, 5) is 4.95. The largest absolute Gasteiger partial charge is 0.305 e. The van der Waals surface area contributed by atoms with Crippen LogP contribution in [0.1, 0.15) is 33.1 Å². The second-order valence-corrected chi connectivity index (χ2v) is 3.82. The van der Waals surface area contributed by atoms with Gasteiger partial charge < -0.3 is 4.84 Å². The van der Waals surface area contributed by atoms with Gasteiger partial charge in [0, 0.05) is 6.04 Å². The highest BCUT2D eigenvalue weighted by Gasteiger charge is 2.24. The lowest BCUT2D eigenvalue weighted by molar-refractivity contribution is 0.0226. The summed E-state index contributed by atoms with van der Waals surface area (Å²) in [6, 6.07) is 0.573. The lowest BCUT2D eigenvalue weighted by Crippen LogP contribution is -2.38. The van der Waals surface area contributed by atoms with Crippen molar-refractivity contribution in [1.82, 2.24) is 5.48 Å². The molecule has 66 valence electrons. The summed E-state index contributed by atoms with van der Waals surface area (Å²) in [6.07, 6.45) is 3.97. The van der Waals surface area contributed by atoms with E-state index in [0.29, 0.717) is 6.04 Å². The molecule has 0 bridgehead atoms. The van der Waals surface area contributed by atoms with Crippen molar-refractivity contribution >= 4 is 0 Å². The van der Waals surface area contributed by atoms with Crippen molar-refractivity contribution in [2.75, 3.05) is 7.11 Å². The Hall–Kier alpha value is -0.0800. The number of hydrogen-bond acceptors (Lipinski definition) is 2. The highest BCUT2D eigenvalue weighted by atomic mass is 16.6. The first-order valence-electron chi connectivity index (χ1n) is 4.52. The van der Waals surface area contributed by atoms with E-state index in [-0.39, 0.29) is 0 Å². The van der Waals surface area contributed by atoms with Crippen LogP contribution in [-0.4, -0.2) is 13.2 Å². The minimum Gasteiger partial charge on any atom is -0.305 e. The molecule has 2 heteroatoms. The Bertz CT molecular complexity index is 116. The fourth-order valence-electron chi connectivity index (χ4n) is 1.85. The van der Waals surface area contributed by atoms with E-state index in [1.165, 1.54) is 19.3 Å². The molecule has 0 amide bonds. The van der Waals surface area contributed by atoms with Crippen molar-refractivity contribution in [1.29, 1.82) is 0 Å². The van der Waals surface area contributed by atoms with Gasteiger partial charge in [0.25, 0.3) is 0 Å². The quantitative estimate of drug-likeness (QED) is 0.619. The minimum absolute atomic E-state index is 0.573. The second kappa shape index (κ2) is 4.07. The van der Waals surface area contributed by atoms with Crippen LogP contribution in [0.3, 0.4) is 0 Å². The van der Waals surface area contributed by atoms with Crippen molar-refractivity contribution in [3.05, 3.63) is 0 Å². The summed E-state index contributed by atoms with van der Waals surface area (Å²) in [5.41, 5.74) is 3.06. The van der Waals surface area contributed by atoms with Gasteiger partial charge in [-0.3, -0.25) is 0 Å². The van der Waals surface area contributed by atoms with E-state index in [1.54, 1.807) is 7.11 Å². The molecule has 0 spiro atoms. The second-order valence-electron chi connectivity index (χ2n) is 3.82. The van der Waals surface area contributed by atoms with Crippen LogP contribution < -0.4 is 5.48 Å². The molecule has 1 N–H and O–H groups in total. The molecule has 2 nitrogen and oxygen atoms in total. The molecule has 11 heavy (non-hydrogen) atoms. The Labute approximate surface area is 69.3 Å². The van der Waals surface area contributed by atoms with Gasteiger partial charge in [-0.15, -0.1) is 0 Å². The maximum Gasteiger partial charge on any atom is 0.0572 e. The van der Waals surface area contributed by atoms with Crippen LogP contribution in [0.5, 0.6) is 0 Å². The molecule has 1 rings (SSSR count). The number of hydroxylamine groups is 1.